The zero-order valence-electron chi connectivity index (χ0n) is 16.4. The summed E-state index contributed by atoms with van der Waals surface area (Å²) in [6, 6.07) is 12.0. The number of hydrogen-bond acceptors (Lipinski definition) is 9. The Bertz CT molecular complexity index is 1090. The first-order chi connectivity index (χ1) is 14.6. The van der Waals surface area contributed by atoms with Crippen molar-refractivity contribution in [3.05, 3.63) is 58.1 Å². The average Bonchev–Trinajstić information content (AvgIpc) is 2.93. The highest BCUT2D eigenvalue weighted by Crippen LogP contribution is 2.41. The molecule has 0 amide bonds. The standard InChI is InChI=1S/C20H19N5O4S/c1-3-10-28-16-9-8-12(25(26)27)11-14(16)18-21-15-7-5-4-6-13(15)17-19(29-18)22-20(30-2)24-23-17/h4-9,11,18,21H,3,10H2,1-2H3. The van der Waals surface area contributed by atoms with Gasteiger partial charge in [-0.25, -0.2) is 0 Å². The molecule has 3 aromatic rings. The van der Waals surface area contributed by atoms with E-state index in [2.05, 4.69) is 20.5 Å². The van der Waals surface area contributed by atoms with E-state index in [-0.39, 0.29) is 5.69 Å². The summed E-state index contributed by atoms with van der Waals surface area (Å²) in [6.07, 6.45) is 1.88. The Kier molecular flexibility index (Phi) is 5.66. The number of benzene rings is 2. The van der Waals surface area contributed by atoms with Crippen LogP contribution in [0.1, 0.15) is 25.1 Å². The normalized spacial score (nSPS) is 14.5. The van der Waals surface area contributed by atoms with Crippen LogP contribution in [0, 0.1) is 10.1 Å². The van der Waals surface area contributed by atoms with Crippen LogP contribution in [-0.2, 0) is 0 Å². The number of rotatable bonds is 6. The second-order valence-corrected chi connectivity index (χ2v) is 7.24. The number of non-ortho nitro benzene ring substituents is 1. The molecule has 1 N–H and O–H groups in total. The maximum Gasteiger partial charge on any atom is 0.270 e. The number of para-hydroxylation sites is 1. The molecule has 0 radical (unpaired) electrons. The molecule has 0 aliphatic carbocycles. The molecule has 9 nitrogen and oxygen atoms in total. The molecule has 0 saturated heterocycles. The molecule has 4 rings (SSSR count). The van der Waals surface area contributed by atoms with Gasteiger partial charge in [0, 0.05) is 23.4 Å². The number of nitro benzene ring substituents is 1. The topological polar surface area (TPSA) is 112 Å². The minimum absolute atomic E-state index is 0.0531. The van der Waals surface area contributed by atoms with E-state index in [4.69, 9.17) is 9.47 Å². The summed E-state index contributed by atoms with van der Waals surface area (Å²) in [5.41, 5.74) is 2.48. The lowest BCUT2D eigenvalue weighted by atomic mass is 10.1. The summed E-state index contributed by atoms with van der Waals surface area (Å²) >= 11 is 1.35. The van der Waals surface area contributed by atoms with Gasteiger partial charge in [0.15, 0.2) is 5.69 Å². The quantitative estimate of drug-likeness (QED) is 0.347. The number of aromatic nitrogens is 3. The molecule has 2 aromatic carbocycles. The van der Waals surface area contributed by atoms with E-state index in [0.717, 1.165) is 17.7 Å². The van der Waals surface area contributed by atoms with Gasteiger partial charge in [0.1, 0.15) is 5.75 Å². The maximum absolute atomic E-state index is 11.4. The molecular weight excluding hydrogens is 406 g/mol. The van der Waals surface area contributed by atoms with Gasteiger partial charge in [-0.05, 0) is 24.8 Å². The second kappa shape index (κ2) is 8.54. The number of fused-ring (bicyclic) bond motifs is 3. The third-order valence-electron chi connectivity index (χ3n) is 4.46. The first-order valence-electron chi connectivity index (χ1n) is 9.33. The predicted molar refractivity (Wildman–Crippen MR) is 113 cm³/mol. The smallest absolute Gasteiger partial charge is 0.270 e. The van der Waals surface area contributed by atoms with E-state index >= 15 is 0 Å². The highest BCUT2D eigenvalue weighted by molar-refractivity contribution is 7.98. The van der Waals surface area contributed by atoms with Gasteiger partial charge in [-0.3, -0.25) is 10.1 Å². The fourth-order valence-electron chi connectivity index (χ4n) is 3.07. The van der Waals surface area contributed by atoms with E-state index in [1.807, 2.05) is 37.4 Å². The number of nitrogens with one attached hydrogen (secondary N) is 1. The zero-order valence-corrected chi connectivity index (χ0v) is 17.2. The number of ether oxygens (including phenoxy) is 2. The third-order valence-corrected chi connectivity index (χ3v) is 5.00. The average molecular weight is 425 g/mol. The van der Waals surface area contributed by atoms with Crippen molar-refractivity contribution in [1.29, 1.82) is 0 Å². The van der Waals surface area contributed by atoms with Crippen LogP contribution >= 0.6 is 11.8 Å². The van der Waals surface area contributed by atoms with Gasteiger partial charge in [0.25, 0.3) is 5.69 Å². The molecule has 0 fully saturated rings. The number of anilines is 1. The van der Waals surface area contributed by atoms with Crippen LogP contribution < -0.4 is 14.8 Å². The largest absolute Gasteiger partial charge is 0.493 e. The zero-order chi connectivity index (χ0) is 21.1. The van der Waals surface area contributed by atoms with Gasteiger partial charge in [-0.15, -0.1) is 10.2 Å². The van der Waals surface area contributed by atoms with Crippen molar-refractivity contribution in [2.24, 2.45) is 0 Å². The second-order valence-electron chi connectivity index (χ2n) is 6.47. The molecule has 10 heteroatoms. The summed E-state index contributed by atoms with van der Waals surface area (Å²) in [6.45, 7) is 2.47. The Hall–Kier alpha value is -3.40. The Labute approximate surface area is 177 Å². The number of hydrogen-bond donors (Lipinski definition) is 1. The molecule has 30 heavy (non-hydrogen) atoms. The van der Waals surface area contributed by atoms with Crippen LogP contribution in [0.3, 0.4) is 0 Å². The van der Waals surface area contributed by atoms with Gasteiger partial charge < -0.3 is 14.8 Å². The minimum atomic E-state index is -0.773. The Morgan fingerprint density at radius 1 is 1.27 bits per heavy atom. The molecule has 0 spiro atoms. The summed E-state index contributed by atoms with van der Waals surface area (Å²) in [5, 5.41) is 23.6. The van der Waals surface area contributed by atoms with Crippen LogP contribution in [0.25, 0.3) is 11.3 Å². The molecule has 1 aliphatic heterocycles. The highest BCUT2D eigenvalue weighted by atomic mass is 32.2. The number of thioether (sulfide) groups is 1. The van der Waals surface area contributed by atoms with E-state index < -0.39 is 11.2 Å². The van der Waals surface area contributed by atoms with Crippen molar-refractivity contribution >= 4 is 23.1 Å². The first kappa shape index (κ1) is 19.9. The Morgan fingerprint density at radius 2 is 2.10 bits per heavy atom. The van der Waals surface area contributed by atoms with Gasteiger partial charge in [-0.2, -0.15) is 4.98 Å². The molecule has 0 saturated carbocycles. The van der Waals surface area contributed by atoms with Crippen molar-refractivity contribution < 1.29 is 14.4 Å². The summed E-state index contributed by atoms with van der Waals surface area (Å²) in [4.78, 5) is 15.4. The number of nitro groups is 1. The molecule has 154 valence electrons. The van der Waals surface area contributed by atoms with Crippen molar-refractivity contribution in [3.63, 3.8) is 0 Å². The van der Waals surface area contributed by atoms with Crippen molar-refractivity contribution in [2.75, 3.05) is 18.2 Å². The van der Waals surface area contributed by atoms with E-state index in [1.165, 1.54) is 23.9 Å². The maximum atomic E-state index is 11.4. The van der Waals surface area contributed by atoms with E-state index in [9.17, 15) is 10.1 Å². The van der Waals surface area contributed by atoms with E-state index in [0.29, 0.717) is 34.7 Å². The molecule has 2 heterocycles. The van der Waals surface area contributed by atoms with Gasteiger partial charge in [0.05, 0.1) is 17.1 Å². The minimum Gasteiger partial charge on any atom is -0.493 e. The molecule has 1 aliphatic rings. The fraction of sp³-hybridized carbons (Fsp3) is 0.250. The summed E-state index contributed by atoms with van der Waals surface area (Å²) in [5.74, 6) is 0.803. The van der Waals surface area contributed by atoms with Crippen LogP contribution in [-0.4, -0.2) is 33.0 Å². The lowest BCUT2D eigenvalue weighted by Crippen LogP contribution is -2.18. The van der Waals surface area contributed by atoms with E-state index in [1.54, 1.807) is 6.07 Å². The van der Waals surface area contributed by atoms with Crippen LogP contribution in [0.15, 0.2) is 47.6 Å². The van der Waals surface area contributed by atoms with Crippen LogP contribution in [0.4, 0.5) is 11.4 Å². The molecular formula is C20H19N5O4S. The molecule has 1 aromatic heterocycles. The fourth-order valence-corrected chi connectivity index (χ4v) is 3.37. The monoisotopic (exact) mass is 425 g/mol. The van der Waals surface area contributed by atoms with Crippen molar-refractivity contribution in [1.82, 2.24) is 15.2 Å². The lowest BCUT2D eigenvalue weighted by Gasteiger charge is -2.21. The highest BCUT2D eigenvalue weighted by Gasteiger charge is 2.29. The van der Waals surface area contributed by atoms with Crippen molar-refractivity contribution in [3.8, 4) is 22.9 Å². The summed E-state index contributed by atoms with van der Waals surface area (Å²) in [7, 11) is 0. The van der Waals surface area contributed by atoms with Crippen LogP contribution in [0.5, 0.6) is 11.6 Å². The van der Waals surface area contributed by atoms with Gasteiger partial charge in [0.2, 0.25) is 17.3 Å². The Balaban J connectivity index is 1.85. The summed E-state index contributed by atoms with van der Waals surface area (Å²) < 4.78 is 12.0. The van der Waals surface area contributed by atoms with Crippen molar-refractivity contribution in [2.45, 2.75) is 24.7 Å². The lowest BCUT2D eigenvalue weighted by molar-refractivity contribution is -0.385. The molecule has 1 atom stereocenters. The first-order valence-corrected chi connectivity index (χ1v) is 10.6. The predicted octanol–water partition coefficient (Wildman–Crippen LogP) is 4.46. The molecule has 1 unspecified atom stereocenters. The SMILES string of the molecule is CCCOc1ccc([N+](=O)[O-])cc1C1Nc2ccccc2-c2nnc(SC)nc2O1. The van der Waals surface area contributed by atoms with Gasteiger partial charge in [-0.1, -0.05) is 36.9 Å². The Morgan fingerprint density at radius 3 is 2.87 bits per heavy atom. The van der Waals surface area contributed by atoms with Crippen LogP contribution in [0.2, 0.25) is 0 Å². The van der Waals surface area contributed by atoms with Gasteiger partial charge >= 0.3 is 0 Å². The third kappa shape index (κ3) is 3.86. The molecule has 0 bridgehead atoms. The number of nitrogens with zero attached hydrogens (tertiary/aromatic N) is 4.